The van der Waals surface area contributed by atoms with Crippen LogP contribution in [0.25, 0.3) is 0 Å². The van der Waals surface area contributed by atoms with Gasteiger partial charge in [-0.25, -0.2) is 0 Å². The minimum atomic E-state index is 0.205. The standard InChI is InChI=1S/C19H14Cl2S/c20-16-11-17(21)13-18(12-16)22-19(14-7-3-1-4-8-14)15-9-5-2-6-10-15/h1-13,19H. The summed E-state index contributed by atoms with van der Waals surface area (Å²) >= 11 is 14.0. The lowest BCUT2D eigenvalue weighted by molar-refractivity contribution is 1.15. The predicted octanol–water partition coefficient (Wildman–Crippen LogP) is 6.88. The van der Waals surface area contributed by atoms with Crippen molar-refractivity contribution in [1.82, 2.24) is 0 Å². The lowest BCUT2D eigenvalue weighted by Crippen LogP contribution is -1.96. The van der Waals surface area contributed by atoms with Crippen molar-refractivity contribution in [1.29, 1.82) is 0 Å². The summed E-state index contributed by atoms with van der Waals surface area (Å²) in [6, 6.07) is 26.6. The Hall–Kier alpha value is -1.41. The van der Waals surface area contributed by atoms with Crippen LogP contribution in [0.4, 0.5) is 0 Å². The van der Waals surface area contributed by atoms with E-state index in [1.807, 2.05) is 24.3 Å². The van der Waals surface area contributed by atoms with Crippen molar-refractivity contribution in [3.05, 3.63) is 100 Å². The maximum Gasteiger partial charge on any atom is 0.0593 e. The van der Waals surface area contributed by atoms with Gasteiger partial charge in [-0.3, -0.25) is 0 Å². The molecule has 0 unspecified atom stereocenters. The van der Waals surface area contributed by atoms with Crippen molar-refractivity contribution in [2.24, 2.45) is 0 Å². The van der Waals surface area contributed by atoms with Crippen LogP contribution in [-0.2, 0) is 0 Å². The first-order valence-corrected chi connectivity index (χ1v) is 8.58. The van der Waals surface area contributed by atoms with E-state index in [1.165, 1.54) is 11.1 Å². The summed E-state index contributed by atoms with van der Waals surface area (Å²) in [4.78, 5) is 1.07. The fourth-order valence-electron chi connectivity index (χ4n) is 2.32. The molecule has 0 nitrogen and oxygen atoms in total. The largest absolute Gasteiger partial charge is 0.113 e. The van der Waals surface area contributed by atoms with E-state index in [9.17, 15) is 0 Å². The molecule has 3 aromatic carbocycles. The smallest absolute Gasteiger partial charge is 0.0593 e. The molecule has 3 aromatic rings. The Morgan fingerprint density at radius 3 is 1.55 bits per heavy atom. The van der Waals surface area contributed by atoms with Gasteiger partial charge in [0, 0.05) is 14.9 Å². The maximum absolute atomic E-state index is 6.13. The number of hydrogen-bond donors (Lipinski definition) is 0. The molecule has 3 rings (SSSR count). The normalized spacial score (nSPS) is 10.9. The number of hydrogen-bond acceptors (Lipinski definition) is 1. The molecular formula is C19H14Cl2S. The van der Waals surface area contributed by atoms with Crippen molar-refractivity contribution < 1.29 is 0 Å². The van der Waals surface area contributed by atoms with Crippen molar-refractivity contribution in [2.75, 3.05) is 0 Å². The van der Waals surface area contributed by atoms with E-state index in [1.54, 1.807) is 17.8 Å². The summed E-state index contributed by atoms with van der Waals surface area (Å²) in [5, 5.41) is 1.53. The maximum atomic E-state index is 6.13. The molecule has 0 aliphatic heterocycles. The molecule has 0 saturated heterocycles. The average molecular weight is 345 g/mol. The van der Waals surface area contributed by atoms with E-state index in [0.29, 0.717) is 10.0 Å². The highest BCUT2D eigenvalue weighted by Crippen LogP contribution is 2.41. The minimum absolute atomic E-state index is 0.205. The molecular weight excluding hydrogens is 331 g/mol. The van der Waals surface area contributed by atoms with Crippen LogP contribution in [0.3, 0.4) is 0 Å². The van der Waals surface area contributed by atoms with Crippen LogP contribution in [0.15, 0.2) is 83.8 Å². The zero-order chi connectivity index (χ0) is 15.4. The predicted molar refractivity (Wildman–Crippen MR) is 97.0 cm³/mol. The third-order valence-electron chi connectivity index (χ3n) is 3.29. The first-order chi connectivity index (χ1) is 10.7. The second-order valence-corrected chi connectivity index (χ2v) is 6.98. The highest BCUT2D eigenvalue weighted by molar-refractivity contribution is 7.99. The molecule has 3 heteroatoms. The number of benzene rings is 3. The molecule has 0 N–H and O–H groups in total. The molecule has 0 heterocycles. The Balaban J connectivity index is 1.99. The van der Waals surface area contributed by atoms with Gasteiger partial charge in [0.15, 0.2) is 0 Å². The summed E-state index contributed by atoms with van der Waals surface area (Å²) in [5.41, 5.74) is 2.52. The highest BCUT2D eigenvalue weighted by Gasteiger charge is 2.16. The Kier molecular flexibility index (Phi) is 5.09. The van der Waals surface area contributed by atoms with Gasteiger partial charge in [-0.05, 0) is 29.3 Å². The van der Waals surface area contributed by atoms with E-state index in [4.69, 9.17) is 23.2 Å². The van der Waals surface area contributed by atoms with E-state index in [-0.39, 0.29) is 5.25 Å². The Bertz CT molecular complexity index is 682. The van der Waals surface area contributed by atoms with E-state index >= 15 is 0 Å². The van der Waals surface area contributed by atoms with Crippen molar-refractivity contribution in [3.63, 3.8) is 0 Å². The van der Waals surface area contributed by atoms with E-state index in [0.717, 1.165) is 4.90 Å². The lowest BCUT2D eigenvalue weighted by atomic mass is 10.0. The molecule has 0 fully saturated rings. The lowest BCUT2D eigenvalue weighted by Gasteiger charge is -2.18. The van der Waals surface area contributed by atoms with Crippen LogP contribution >= 0.6 is 35.0 Å². The monoisotopic (exact) mass is 344 g/mol. The van der Waals surface area contributed by atoms with E-state index < -0.39 is 0 Å². The summed E-state index contributed by atoms with van der Waals surface area (Å²) in [7, 11) is 0. The number of halogens is 2. The fourth-order valence-corrected chi connectivity index (χ4v) is 4.22. The minimum Gasteiger partial charge on any atom is -0.113 e. The SMILES string of the molecule is Clc1cc(Cl)cc(SC(c2ccccc2)c2ccccc2)c1. The topological polar surface area (TPSA) is 0 Å². The van der Waals surface area contributed by atoms with Gasteiger partial charge in [0.25, 0.3) is 0 Å². The Morgan fingerprint density at radius 1 is 0.636 bits per heavy atom. The summed E-state index contributed by atoms with van der Waals surface area (Å²) in [6.07, 6.45) is 0. The second kappa shape index (κ2) is 7.23. The van der Waals surface area contributed by atoms with Crippen molar-refractivity contribution in [2.45, 2.75) is 10.1 Å². The first kappa shape index (κ1) is 15.5. The van der Waals surface area contributed by atoms with Gasteiger partial charge in [-0.15, -0.1) is 11.8 Å². The molecule has 0 amide bonds. The van der Waals surface area contributed by atoms with Gasteiger partial charge >= 0.3 is 0 Å². The van der Waals surface area contributed by atoms with Crippen LogP contribution in [0.1, 0.15) is 16.4 Å². The quantitative estimate of drug-likeness (QED) is 0.465. The Morgan fingerprint density at radius 2 is 1.09 bits per heavy atom. The molecule has 22 heavy (non-hydrogen) atoms. The Labute approximate surface area is 145 Å². The molecule has 0 bridgehead atoms. The van der Waals surface area contributed by atoms with Crippen LogP contribution in [0.2, 0.25) is 10.0 Å². The summed E-state index contributed by atoms with van der Waals surface area (Å²) in [5.74, 6) is 0. The van der Waals surface area contributed by atoms with Crippen LogP contribution in [-0.4, -0.2) is 0 Å². The molecule has 0 spiro atoms. The van der Waals surface area contributed by atoms with Gasteiger partial charge in [-0.2, -0.15) is 0 Å². The van der Waals surface area contributed by atoms with Crippen LogP contribution in [0, 0.1) is 0 Å². The zero-order valence-electron chi connectivity index (χ0n) is 11.7. The average Bonchev–Trinajstić information content (AvgIpc) is 2.53. The van der Waals surface area contributed by atoms with Crippen molar-refractivity contribution in [3.8, 4) is 0 Å². The molecule has 0 saturated carbocycles. The van der Waals surface area contributed by atoms with E-state index in [2.05, 4.69) is 48.5 Å². The van der Waals surface area contributed by atoms with Gasteiger partial charge in [0.2, 0.25) is 0 Å². The van der Waals surface area contributed by atoms with Gasteiger partial charge in [-0.1, -0.05) is 83.9 Å². The van der Waals surface area contributed by atoms with Gasteiger partial charge in [0.1, 0.15) is 0 Å². The molecule has 0 aliphatic carbocycles. The number of rotatable bonds is 4. The second-order valence-electron chi connectivity index (χ2n) is 4.92. The van der Waals surface area contributed by atoms with Gasteiger partial charge in [0.05, 0.1) is 5.25 Å². The zero-order valence-corrected chi connectivity index (χ0v) is 14.1. The molecule has 110 valence electrons. The fraction of sp³-hybridized carbons (Fsp3) is 0.0526. The third kappa shape index (κ3) is 3.86. The number of thioether (sulfide) groups is 1. The van der Waals surface area contributed by atoms with Crippen molar-refractivity contribution >= 4 is 35.0 Å². The third-order valence-corrected chi connectivity index (χ3v) is 5.02. The molecule has 0 radical (unpaired) electrons. The first-order valence-electron chi connectivity index (χ1n) is 6.95. The van der Waals surface area contributed by atoms with Gasteiger partial charge < -0.3 is 0 Å². The van der Waals surface area contributed by atoms with Crippen LogP contribution < -0.4 is 0 Å². The molecule has 0 aliphatic rings. The molecule has 0 atom stereocenters. The summed E-state index contributed by atoms with van der Waals surface area (Å²) in [6.45, 7) is 0. The highest BCUT2D eigenvalue weighted by atomic mass is 35.5. The van der Waals surface area contributed by atoms with Crippen LogP contribution in [0.5, 0.6) is 0 Å². The molecule has 0 aromatic heterocycles. The summed E-state index contributed by atoms with van der Waals surface area (Å²) < 4.78 is 0.